The lowest BCUT2D eigenvalue weighted by Crippen LogP contribution is -2.53. The molecule has 1 fully saturated rings. The molecule has 0 bridgehead atoms. The van der Waals surface area contributed by atoms with Crippen LogP contribution in [0, 0.1) is 0 Å². The van der Waals surface area contributed by atoms with Gasteiger partial charge in [0.05, 0.1) is 19.2 Å². The Bertz CT molecular complexity index is 753. The minimum atomic E-state index is -0.228. The van der Waals surface area contributed by atoms with Crippen molar-refractivity contribution in [3.05, 3.63) is 54.2 Å². The van der Waals surface area contributed by atoms with Crippen LogP contribution in [0.25, 0.3) is 0 Å². The van der Waals surface area contributed by atoms with E-state index in [1.807, 2.05) is 30.3 Å². The maximum Gasteiger partial charge on any atom is 0.239 e. The standard InChI is InChI=1S/C20H23N3O3/c24-19(13-23-11-8-15-5-1-2-6-17(15)23)22-16-9-12-25-14-18(16)26-20-7-3-4-10-21-20/h1-7,10,16,18H,8-9,11-14H2,(H,22,24)/t16-,18-/m1/s1. The van der Waals surface area contributed by atoms with E-state index in [0.29, 0.717) is 25.6 Å². The highest BCUT2D eigenvalue weighted by atomic mass is 16.5. The van der Waals surface area contributed by atoms with Crippen molar-refractivity contribution in [3.8, 4) is 5.88 Å². The Labute approximate surface area is 153 Å². The number of hydrogen-bond donors (Lipinski definition) is 1. The molecule has 0 saturated carbocycles. The number of para-hydroxylation sites is 1. The molecule has 6 heteroatoms. The van der Waals surface area contributed by atoms with Gasteiger partial charge in [-0.15, -0.1) is 0 Å². The first-order chi connectivity index (χ1) is 12.8. The number of fused-ring (bicyclic) bond motifs is 1. The van der Waals surface area contributed by atoms with Gasteiger partial charge < -0.3 is 19.7 Å². The summed E-state index contributed by atoms with van der Waals surface area (Å²) in [6, 6.07) is 13.7. The Morgan fingerprint density at radius 1 is 1.27 bits per heavy atom. The zero-order valence-electron chi connectivity index (χ0n) is 14.6. The molecule has 1 amide bonds. The number of nitrogens with one attached hydrogen (secondary N) is 1. The van der Waals surface area contributed by atoms with E-state index < -0.39 is 0 Å². The Hall–Kier alpha value is -2.60. The van der Waals surface area contributed by atoms with Crippen LogP contribution in [0.1, 0.15) is 12.0 Å². The number of amides is 1. The second-order valence-electron chi connectivity index (χ2n) is 6.66. The molecule has 0 spiro atoms. The largest absolute Gasteiger partial charge is 0.470 e. The zero-order valence-corrected chi connectivity index (χ0v) is 14.6. The second kappa shape index (κ2) is 7.74. The van der Waals surface area contributed by atoms with Crippen LogP contribution < -0.4 is 15.0 Å². The quantitative estimate of drug-likeness (QED) is 0.888. The molecule has 0 aliphatic carbocycles. The van der Waals surface area contributed by atoms with E-state index in [9.17, 15) is 4.79 Å². The number of ether oxygens (including phenoxy) is 2. The Kier molecular flexibility index (Phi) is 5.02. The summed E-state index contributed by atoms with van der Waals surface area (Å²) in [5.41, 5.74) is 2.47. The lowest BCUT2D eigenvalue weighted by atomic mass is 10.1. The highest BCUT2D eigenvalue weighted by Gasteiger charge is 2.30. The smallest absolute Gasteiger partial charge is 0.239 e. The molecule has 136 valence electrons. The topological polar surface area (TPSA) is 63.7 Å². The van der Waals surface area contributed by atoms with Gasteiger partial charge in [0.25, 0.3) is 0 Å². The van der Waals surface area contributed by atoms with Gasteiger partial charge in [0.1, 0.15) is 6.10 Å². The summed E-state index contributed by atoms with van der Waals surface area (Å²) in [6.07, 6.45) is 3.19. The highest BCUT2D eigenvalue weighted by Crippen LogP contribution is 2.27. The van der Waals surface area contributed by atoms with Crippen molar-refractivity contribution in [1.29, 1.82) is 0 Å². The van der Waals surface area contributed by atoms with Gasteiger partial charge in [-0.05, 0) is 30.5 Å². The zero-order chi connectivity index (χ0) is 17.8. The minimum absolute atomic E-state index is 0.0169. The van der Waals surface area contributed by atoms with Crippen LogP contribution in [-0.2, 0) is 16.0 Å². The lowest BCUT2D eigenvalue weighted by molar-refractivity contribution is -0.122. The van der Waals surface area contributed by atoms with Crippen molar-refractivity contribution in [2.75, 3.05) is 31.2 Å². The number of benzene rings is 1. The molecule has 1 N–H and O–H groups in total. The second-order valence-corrected chi connectivity index (χ2v) is 6.66. The molecule has 6 nitrogen and oxygen atoms in total. The highest BCUT2D eigenvalue weighted by molar-refractivity contribution is 5.82. The first-order valence-corrected chi connectivity index (χ1v) is 9.07. The van der Waals surface area contributed by atoms with E-state index in [-0.39, 0.29) is 18.1 Å². The van der Waals surface area contributed by atoms with E-state index in [1.54, 1.807) is 6.20 Å². The van der Waals surface area contributed by atoms with Gasteiger partial charge in [-0.2, -0.15) is 0 Å². The van der Waals surface area contributed by atoms with Crippen LogP contribution in [0.5, 0.6) is 5.88 Å². The van der Waals surface area contributed by atoms with Crippen molar-refractivity contribution < 1.29 is 14.3 Å². The molecular weight excluding hydrogens is 330 g/mol. The van der Waals surface area contributed by atoms with Gasteiger partial charge >= 0.3 is 0 Å². The molecule has 1 aromatic carbocycles. The van der Waals surface area contributed by atoms with Crippen molar-refractivity contribution in [1.82, 2.24) is 10.3 Å². The summed E-state index contributed by atoms with van der Waals surface area (Å²) in [4.78, 5) is 18.9. The SMILES string of the molecule is O=C(CN1CCc2ccccc21)N[C@@H]1CCOC[C@H]1Oc1ccccn1. The third-order valence-corrected chi connectivity index (χ3v) is 4.88. The van der Waals surface area contributed by atoms with Crippen LogP contribution >= 0.6 is 0 Å². The Morgan fingerprint density at radius 3 is 3.04 bits per heavy atom. The van der Waals surface area contributed by atoms with E-state index >= 15 is 0 Å². The fourth-order valence-electron chi connectivity index (χ4n) is 3.56. The van der Waals surface area contributed by atoms with Gasteiger partial charge in [-0.3, -0.25) is 4.79 Å². The summed E-state index contributed by atoms with van der Waals surface area (Å²) in [5, 5.41) is 3.13. The maximum atomic E-state index is 12.6. The van der Waals surface area contributed by atoms with Gasteiger partial charge in [-0.25, -0.2) is 4.98 Å². The molecule has 4 rings (SSSR count). The van der Waals surface area contributed by atoms with E-state index in [4.69, 9.17) is 9.47 Å². The molecule has 1 aromatic heterocycles. The molecule has 0 radical (unpaired) electrons. The predicted molar refractivity (Wildman–Crippen MR) is 98.4 cm³/mol. The Balaban J connectivity index is 1.36. The number of anilines is 1. The number of carbonyl (C=O) groups is 1. The van der Waals surface area contributed by atoms with Crippen LogP contribution in [0.4, 0.5) is 5.69 Å². The van der Waals surface area contributed by atoms with Crippen molar-refractivity contribution in [2.45, 2.75) is 25.0 Å². The fourth-order valence-corrected chi connectivity index (χ4v) is 3.56. The third-order valence-electron chi connectivity index (χ3n) is 4.88. The minimum Gasteiger partial charge on any atom is -0.470 e. The average Bonchev–Trinajstić information content (AvgIpc) is 3.07. The van der Waals surface area contributed by atoms with Crippen molar-refractivity contribution in [3.63, 3.8) is 0 Å². The van der Waals surface area contributed by atoms with Gasteiger partial charge in [0.15, 0.2) is 0 Å². The van der Waals surface area contributed by atoms with Crippen molar-refractivity contribution >= 4 is 11.6 Å². The van der Waals surface area contributed by atoms with Crippen molar-refractivity contribution in [2.24, 2.45) is 0 Å². The first kappa shape index (κ1) is 16.8. The summed E-state index contributed by atoms with van der Waals surface area (Å²) in [6.45, 7) is 2.33. The van der Waals surface area contributed by atoms with Crippen LogP contribution in [-0.4, -0.2) is 49.3 Å². The monoisotopic (exact) mass is 353 g/mol. The number of pyridine rings is 1. The van der Waals surface area contributed by atoms with Gasteiger partial charge in [0, 0.05) is 31.1 Å². The number of aromatic nitrogens is 1. The maximum absolute atomic E-state index is 12.6. The molecule has 2 aromatic rings. The average molecular weight is 353 g/mol. The molecular formula is C20H23N3O3. The summed E-state index contributed by atoms with van der Waals surface area (Å²) in [5.74, 6) is 0.568. The third kappa shape index (κ3) is 3.80. The molecule has 0 unspecified atom stereocenters. The molecule has 1 saturated heterocycles. The number of hydrogen-bond acceptors (Lipinski definition) is 5. The Morgan fingerprint density at radius 2 is 2.15 bits per heavy atom. The van der Waals surface area contributed by atoms with Crippen LogP contribution in [0.3, 0.4) is 0 Å². The fraction of sp³-hybridized carbons (Fsp3) is 0.400. The van der Waals surface area contributed by atoms with E-state index in [0.717, 1.165) is 25.1 Å². The lowest BCUT2D eigenvalue weighted by Gasteiger charge is -2.32. The summed E-state index contributed by atoms with van der Waals surface area (Å²) in [7, 11) is 0. The molecule has 26 heavy (non-hydrogen) atoms. The number of carbonyl (C=O) groups excluding carboxylic acids is 1. The molecule has 3 heterocycles. The molecule has 2 aliphatic heterocycles. The molecule has 2 atom stereocenters. The van der Waals surface area contributed by atoms with Crippen LogP contribution in [0.15, 0.2) is 48.7 Å². The number of nitrogens with zero attached hydrogens (tertiary/aromatic N) is 2. The van der Waals surface area contributed by atoms with E-state index in [1.165, 1.54) is 5.56 Å². The van der Waals surface area contributed by atoms with Gasteiger partial charge in [-0.1, -0.05) is 24.3 Å². The summed E-state index contributed by atoms with van der Waals surface area (Å²) < 4.78 is 11.5. The summed E-state index contributed by atoms with van der Waals surface area (Å²) >= 11 is 0. The first-order valence-electron chi connectivity index (χ1n) is 9.07. The van der Waals surface area contributed by atoms with Crippen LogP contribution in [0.2, 0.25) is 0 Å². The normalized spacial score (nSPS) is 21.9. The van der Waals surface area contributed by atoms with E-state index in [2.05, 4.69) is 27.3 Å². The van der Waals surface area contributed by atoms with Gasteiger partial charge in [0.2, 0.25) is 11.8 Å². The number of rotatable bonds is 5. The molecule has 2 aliphatic rings. The predicted octanol–water partition coefficient (Wildman–Crippen LogP) is 1.80.